The lowest BCUT2D eigenvalue weighted by Crippen LogP contribution is -2.38. The fourth-order valence-electron chi connectivity index (χ4n) is 2.32. The summed E-state index contributed by atoms with van der Waals surface area (Å²) in [5.74, 6) is -0.460. The third-order valence-corrected chi connectivity index (χ3v) is 5.10. The van der Waals surface area contributed by atoms with Crippen LogP contribution >= 0.6 is 0 Å². The molecule has 0 saturated carbocycles. The number of benzene rings is 1. The molecule has 0 spiro atoms. The predicted molar refractivity (Wildman–Crippen MR) is 97.2 cm³/mol. The molecule has 142 valence electrons. The third-order valence-electron chi connectivity index (χ3n) is 3.84. The van der Waals surface area contributed by atoms with Crippen LogP contribution in [0.3, 0.4) is 0 Å². The predicted octanol–water partition coefficient (Wildman–Crippen LogP) is -0.449. The van der Waals surface area contributed by atoms with E-state index in [0.29, 0.717) is 23.1 Å². The molecule has 0 unspecified atom stereocenters. The minimum atomic E-state index is -3.44. The molecule has 9 nitrogen and oxygen atoms in total. The number of carbonyl (C=O) groups is 1. The Morgan fingerprint density at radius 1 is 1.31 bits per heavy atom. The Hall–Kier alpha value is -2.30. The molecule has 2 aromatic rings. The standard InChI is InChI=1S/C16H22N4O5S/c1-19(26(3,23)24)11-15(21)17-10-14-12-6-4-5-7-13(12)16(22)20(18-14)8-9-25-2/h4-7H,8-11H2,1-3H3,(H,17,21). The highest BCUT2D eigenvalue weighted by Gasteiger charge is 2.16. The van der Waals surface area contributed by atoms with Crippen molar-refractivity contribution in [2.75, 3.05) is 33.6 Å². The lowest BCUT2D eigenvalue weighted by atomic mass is 10.1. The smallest absolute Gasteiger partial charge is 0.274 e. The number of hydrogen-bond acceptors (Lipinski definition) is 6. The van der Waals surface area contributed by atoms with Crippen molar-refractivity contribution in [2.45, 2.75) is 13.1 Å². The zero-order valence-corrected chi connectivity index (χ0v) is 15.7. The van der Waals surface area contributed by atoms with Gasteiger partial charge in [-0.25, -0.2) is 13.1 Å². The Labute approximate surface area is 151 Å². The van der Waals surface area contributed by atoms with Gasteiger partial charge in [0.25, 0.3) is 5.56 Å². The molecule has 1 heterocycles. The maximum absolute atomic E-state index is 12.5. The first kappa shape index (κ1) is 20.0. The number of nitrogens with one attached hydrogen (secondary N) is 1. The molecule has 0 radical (unpaired) electrons. The summed E-state index contributed by atoms with van der Waals surface area (Å²) in [5.41, 5.74) is 0.288. The van der Waals surface area contributed by atoms with Crippen molar-refractivity contribution in [2.24, 2.45) is 0 Å². The number of aromatic nitrogens is 2. The molecular weight excluding hydrogens is 360 g/mol. The Bertz CT molecular complexity index is 955. The van der Waals surface area contributed by atoms with Crippen LogP contribution in [0.1, 0.15) is 5.69 Å². The van der Waals surface area contributed by atoms with Crippen molar-refractivity contribution < 1.29 is 17.9 Å². The Balaban J connectivity index is 2.24. The van der Waals surface area contributed by atoms with Gasteiger partial charge >= 0.3 is 0 Å². The maximum atomic E-state index is 12.5. The van der Waals surface area contributed by atoms with Crippen molar-refractivity contribution in [1.82, 2.24) is 19.4 Å². The molecule has 1 N–H and O–H groups in total. The van der Waals surface area contributed by atoms with Crippen LogP contribution in [-0.4, -0.2) is 62.0 Å². The zero-order chi connectivity index (χ0) is 19.3. The molecule has 2 rings (SSSR count). The van der Waals surface area contributed by atoms with Gasteiger partial charge in [-0.1, -0.05) is 18.2 Å². The van der Waals surface area contributed by atoms with Gasteiger partial charge in [-0.05, 0) is 6.07 Å². The number of sulfonamides is 1. The minimum Gasteiger partial charge on any atom is -0.383 e. The van der Waals surface area contributed by atoms with E-state index in [1.165, 1.54) is 18.8 Å². The molecular formula is C16H22N4O5S. The van der Waals surface area contributed by atoms with Crippen LogP contribution in [0.5, 0.6) is 0 Å². The first-order chi connectivity index (χ1) is 12.2. The number of methoxy groups -OCH3 is 1. The summed E-state index contributed by atoms with van der Waals surface area (Å²) < 4.78 is 30.0. The Kier molecular flexibility index (Phi) is 6.46. The number of amides is 1. The SMILES string of the molecule is COCCn1nc(CNC(=O)CN(C)S(C)(=O)=O)c2ccccc2c1=O. The fraction of sp³-hybridized carbons (Fsp3) is 0.438. The molecule has 26 heavy (non-hydrogen) atoms. The van der Waals surface area contributed by atoms with Gasteiger partial charge in [-0.15, -0.1) is 0 Å². The average molecular weight is 382 g/mol. The summed E-state index contributed by atoms with van der Waals surface area (Å²) >= 11 is 0. The van der Waals surface area contributed by atoms with E-state index in [4.69, 9.17) is 4.74 Å². The van der Waals surface area contributed by atoms with Crippen LogP contribution in [0.25, 0.3) is 10.8 Å². The number of nitrogens with zero attached hydrogens (tertiary/aromatic N) is 3. The second kappa shape index (κ2) is 8.39. The van der Waals surface area contributed by atoms with Gasteiger partial charge in [0.2, 0.25) is 15.9 Å². The summed E-state index contributed by atoms with van der Waals surface area (Å²) in [7, 11) is -0.580. The average Bonchev–Trinajstić information content (AvgIpc) is 2.59. The molecule has 0 aliphatic carbocycles. The lowest BCUT2D eigenvalue weighted by Gasteiger charge is -2.14. The van der Waals surface area contributed by atoms with Gasteiger partial charge in [-0.2, -0.15) is 9.40 Å². The molecule has 0 atom stereocenters. The van der Waals surface area contributed by atoms with Crippen LogP contribution in [0.4, 0.5) is 0 Å². The van der Waals surface area contributed by atoms with Crippen molar-refractivity contribution in [3.63, 3.8) is 0 Å². The molecule has 0 fully saturated rings. The second-order valence-corrected chi connectivity index (χ2v) is 7.90. The number of fused-ring (bicyclic) bond motifs is 1. The maximum Gasteiger partial charge on any atom is 0.274 e. The molecule has 1 aromatic carbocycles. The van der Waals surface area contributed by atoms with Gasteiger partial charge in [0.1, 0.15) is 0 Å². The summed E-state index contributed by atoms with van der Waals surface area (Å²) in [5, 5.41) is 8.10. The first-order valence-corrected chi connectivity index (χ1v) is 9.74. The molecule has 0 aliphatic heterocycles. The Morgan fingerprint density at radius 2 is 1.96 bits per heavy atom. The highest BCUT2D eigenvalue weighted by atomic mass is 32.2. The third kappa shape index (κ3) is 4.87. The van der Waals surface area contributed by atoms with Crippen molar-refractivity contribution >= 4 is 26.7 Å². The van der Waals surface area contributed by atoms with E-state index >= 15 is 0 Å². The number of carbonyl (C=O) groups excluding carboxylic acids is 1. The first-order valence-electron chi connectivity index (χ1n) is 7.89. The minimum absolute atomic E-state index is 0.0736. The van der Waals surface area contributed by atoms with E-state index in [0.717, 1.165) is 10.6 Å². The summed E-state index contributed by atoms with van der Waals surface area (Å²) in [4.78, 5) is 24.5. The molecule has 1 amide bonds. The van der Waals surface area contributed by atoms with Crippen molar-refractivity contribution in [3.8, 4) is 0 Å². The number of hydrogen-bond donors (Lipinski definition) is 1. The lowest BCUT2D eigenvalue weighted by molar-refractivity contribution is -0.121. The van der Waals surface area contributed by atoms with Crippen LogP contribution in [0.2, 0.25) is 0 Å². The Morgan fingerprint density at radius 3 is 2.58 bits per heavy atom. The summed E-state index contributed by atoms with van der Waals surface area (Å²) in [6.45, 7) is 0.401. The molecule has 0 bridgehead atoms. The molecule has 0 saturated heterocycles. The van der Waals surface area contributed by atoms with Gasteiger partial charge < -0.3 is 10.1 Å². The molecule has 10 heteroatoms. The van der Waals surface area contributed by atoms with Gasteiger partial charge in [0.05, 0.1) is 43.6 Å². The largest absolute Gasteiger partial charge is 0.383 e. The number of ether oxygens (including phenoxy) is 1. The van der Waals surface area contributed by atoms with Gasteiger partial charge in [0.15, 0.2) is 0 Å². The molecule has 0 aliphatic rings. The van der Waals surface area contributed by atoms with E-state index in [2.05, 4.69) is 10.4 Å². The van der Waals surface area contributed by atoms with E-state index in [1.54, 1.807) is 24.3 Å². The molecule has 1 aromatic heterocycles. The van der Waals surface area contributed by atoms with E-state index < -0.39 is 15.9 Å². The highest BCUT2D eigenvalue weighted by Crippen LogP contribution is 2.13. The van der Waals surface area contributed by atoms with Crippen LogP contribution in [0.15, 0.2) is 29.1 Å². The topological polar surface area (TPSA) is 111 Å². The van der Waals surface area contributed by atoms with Gasteiger partial charge in [-0.3, -0.25) is 9.59 Å². The monoisotopic (exact) mass is 382 g/mol. The van der Waals surface area contributed by atoms with Crippen LogP contribution in [0, 0.1) is 0 Å². The fourth-order valence-corrected chi connectivity index (χ4v) is 2.67. The normalized spacial score (nSPS) is 11.8. The van der Waals surface area contributed by atoms with E-state index in [9.17, 15) is 18.0 Å². The van der Waals surface area contributed by atoms with E-state index in [1.807, 2.05) is 0 Å². The quantitative estimate of drug-likeness (QED) is 0.662. The van der Waals surface area contributed by atoms with E-state index in [-0.39, 0.29) is 25.2 Å². The number of rotatable bonds is 8. The zero-order valence-electron chi connectivity index (χ0n) is 14.9. The van der Waals surface area contributed by atoms with Crippen molar-refractivity contribution in [3.05, 3.63) is 40.3 Å². The van der Waals surface area contributed by atoms with Crippen molar-refractivity contribution in [1.29, 1.82) is 0 Å². The summed E-state index contributed by atoms with van der Waals surface area (Å²) in [6.07, 6.45) is 1.03. The second-order valence-electron chi connectivity index (χ2n) is 5.81. The summed E-state index contributed by atoms with van der Waals surface area (Å²) in [6, 6.07) is 7.00. The number of likely N-dealkylation sites (N-methyl/N-ethyl adjacent to an activating group) is 1. The van der Waals surface area contributed by atoms with Crippen LogP contribution in [-0.2, 0) is 32.6 Å². The highest BCUT2D eigenvalue weighted by molar-refractivity contribution is 7.88. The van der Waals surface area contributed by atoms with Gasteiger partial charge in [0, 0.05) is 19.5 Å². The van der Waals surface area contributed by atoms with Crippen LogP contribution < -0.4 is 10.9 Å².